The van der Waals surface area contributed by atoms with Crippen molar-refractivity contribution in [2.24, 2.45) is 0 Å². The fourth-order valence-electron chi connectivity index (χ4n) is 2.93. The van der Waals surface area contributed by atoms with Gasteiger partial charge in [-0.3, -0.25) is 4.79 Å². The van der Waals surface area contributed by atoms with E-state index in [1.54, 1.807) is 7.11 Å². The molecule has 1 aliphatic heterocycles. The number of carbonyl (C=O) groups is 1. The molecule has 3 rings (SSSR count). The van der Waals surface area contributed by atoms with Gasteiger partial charge >= 0.3 is 0 Å². The standard InChI is InChI=1S/C19H20INO3/c1-19(2)11-16(15-9-8-14(23-3)10-17(15)24-19)21-18(22)12-4-6-13(20)7-5-12/h4-10,16H,11H2,1-3H3,(H,21,22). The van der Waals surface area contributed by atoms with Crippen molar-refractivity contribution in [3.8, 4) is 11.5 Å². The van der Waals surface area contributed by atoms with E-state index >= 15 is 0 Å². The van der Waals surface area contributed by atoms with Gasteiger partial charge in [0.25, 0.3) is 5.91 Å². The topological polar surface area (TPSA) is 47.6 Å². The van der Waals surface area contributed by atoms with E-state index in [1.807, 2.05) is 56.3 Å². The number of methoxy groups -OCH3 is 1. The van der Waals surface area contributed by atoms with Crippen molar-refractivity contribution in [3.63, 3.8) is 0 Å². The van der Waals surface area contributed by atoms with Crippen LogP contribution in [0.3, 0.4) is 0 Å². The molecule has 2 aromatic rings. The second-order valence-corrected chi connectivity index (χ2v) is 7.75. The first-order chi connectivity index (χ1) is 11.4. The predicted molar refractivity (Wildman–Crippen MR) is 102 cm³/mol. The van der Waals surface area contributed by atoms with Gasteiger partial charge in [-0.15, -0.1) is 0 Å². The average Bonchev–Trinajstić information content (AvgIpc) is 2.53. The van der Waals surface area contributed by atoms with Gasteiger partial charge in [0.2, 0.25) is 0 Å². The minimum Gasteiger partial charge on any atom is -0.497 e. The molecule has 0 spiro atoms. The normalized spacial score (nSPS) is 18.2. The lowest BCUT2D eigenvalue weighted by Crippen LogP contribution is -2.41. The summed E-state index contributed by atoms with van der Waals surface area (Å²) >= 11 is 2.23. The molecule has 5 heteroatoms. The van der Waals surface area contributed by atoms with Crippen LogP contribution in [-0.2, 0) is 0 Å². The Hall–Kier alpha value is -1.76. The van der Waals surface area contributed by atoms with Crippen LogP contribution in [0.25, 0.3) is 0 Å². The van der Waals surface area contributed by atoms with Crippen LogP contribution in [0.2, 0.25) is 0 Å². The van der Waals surface area contributed by atoms with Crippen molar-refractivity contribution in [3.05, 3.63) is 57.2 Å². The Bertz CT molecular complexity index is 756. The summed E-state index contributed by atoms with van der Waals surface area (Å²) in [6.45, 7) is 4.05. The summed E-state index contributed by atoms with van der Waals surface area (Å²) in [4.78, 5) is 12.6. The predicted octanol–water partition coefficient (Wildman–Crippen LogP) is 4.33. The second-order valence-electron chi connectivity index (χ2n) is 6.50. The first-order valence-corrected chi connectivity index (χ1v) is 8.89. The SMILES string of the molecule is COc1ccc2c(c1)OC(C)(C)CC2NC(=O)c1ccc(I)cc1. The first kappa shape index (κ1) is 17.1. The van der Waals surface area contributed by atoms with Crippen LogP contribution in [0.4, 0.5) is 0 Å². The number of benzene rings is 2. The van der Waals surface area contributed by atoms with Gasteiger partial charge in [-0.05, 0) is 72.8 Å². The van der Waals surface area contributed by atoms with E-state index in [4.69, 9.17) is 9.47 Å². The molecule has 4 nitrogen and oxygen atoms in total. The van der Waals surface area contributed by atoms with Crippen molar-refractivity contribution >= 4 is 28.5 Å². The number of fused-ring (bicyclic) bond motifs is 1. The molecule has 0 saturated carbocycles. The van der Waals surface area contributed by atoms with Crippen LogP contribution in [0.15, 0.2) is 42.5 Å². The third-order valence-electron chi connectivity index (χ3n) is 4.09. The van der Waals surface area contributed by atoms with E-state index in [0.29, 0.717) is 12.0 Å². The number of halogens is 1. The zero-order valence-corrected chi connectivity index (χ0v) is 16.1. The highest BCUT2D eigenvalue weighted by Gasteiger charge is 2.34. The molecule has 24 heavy (non-hydrogen) atoms. The smallest absolute Gasteiger partial charge is 0.251 e. The number of amides is 1. The molecule has 1 N–H and O–H groups in total. The maximum Gasteiger partial charge on any atom is 0.251 e. The molecule has 1 atom stereocenters. The third kappa shape index (κ3) is 3.66. The van der Waals surface area contributed by atoms with Crippen LogP contribution in [0, 0.1) is 3.57 Å². The van der Waals surface area contributed by atoms with Crippen LogP contribution in [-0.4, -0.2) is 18.6 Å². The van der Waals surface area contributed by atoms with Gasteiger partial charge in [0.1, 0.15) is 17.1 Å². The lowest BCUT2D eigenvalue weighted by Gasteiger charge is -2.38. The van der Waals surface area contributed by atoms with Crippen LogP contribution in [0.1, 0.15) is 42.2 Å². The van der Waals surface area contributed by atoms with E-state index in [1.165, 1.54) is 0 Å². The summed E-state index contributed by atoms with van der Waals surface area (Å²) in [5.74, 6) is 1.43. The zero-order chi connectivity index (χ0) is 17.3. The highest BCUT2D eigenvalue weighted by molar-refractivity contribution is 14.1. The molecule has 1 unspecified atom stereocenters. The molecular weight excluding hydrogens is 417 g/mol. The molecule has 1 amide bonds. The maximum atomic E-state index is 12.6. The van der Waals surface area contributed by atoms with E-state index in [9.17, 15) is 4.79 Å². The Kier molecular flexibility index (Phi) is 4.71. The molecule has 0 fully saturated rings. The third-order valence-corrected chi connectivity index (χ3v) is 4.81. The summed E-state index contributed by atoms with van der Waals surface area (Å²) in [5, 5.41) is 3.14. The molecule has 0 aromatic heterocycles. The fraction of sp³-hybridized carbons (Fsp3) is 0.316. The highest BCUT2D eigenvalue weighted by atomic mass is 127. The molecule has 1 heterocycles. The number of hydrogen-bond donors (Lipinski definition) is 1. The van der Waals surface area contributed by atoms with Crippen molar-refractivity contribution in [2.75, 3.05) is 7.11 Å². The fourth-order valence-corrected chi connectivity index (χ4v) is 3.29. The van der Waals surface area contributed by atoms with Crippen molar-refractivity contribution in [2.45, 2.75) is 31.9 Å². The lowest BCUT2D eigenvalue weighted by molar-refractivity contribution is 0.0617. The number of ether oxygens (including phenoxy) is 2. The summed E-state index contributed by atoms with van der Waals surface area (Å²) in [6, 6.07) is 13.2. The molecule has 1 aliphatic rings. The molecule has 2 aromatic carbocycles. The number of carbonyl (C=O) groups excluding carboxylic acids is 1. The molecule has 0 aliphatic carbocycles. The van der Waals surface area contributed by atoms with E-state index in [0.717, 1.165) is 20.6 Å². The van der Waals surface area contributed by atoms with Gasteiger partial charge in [0, 0.05) is 27.2 Å². The maximum absolute atomic E-state index is 12.6. The van der Waals surface area contributed by atoms with Crippen LogP contribution < -0.4 is 14.8 Å². The van der Waals surface area contributed by atoms with Crippen LogP contribution >= 0.6 is 22.6 Å². The lowest BCUT2D eigenvalue weighted by atomic mass is 9.89. The van der Waals surface area contributed by atoms with Crippen molar-refractivity contribution in [1.82, 2.24) is 5.32 Å². The molecule has 0 bridgehead atoms. The van der Waals surface area contributed by atoms with Gasteiger partial charge in [-0.25, -0.2) is 0 Å². The quantitative estimate of drug-likeness (QED) is 0.728. The summed E-state index contributed by atoms with van der Waals surface area (Å²) < 4.78 is 12.4. The van der Waals surface area contributed by atoms with E-state index in [2.05, 4.69) is 27.9 Å². The van der Waals surface area contributed by atoms with E-state index in [-0.39, 0.29) is 17.6 Å². The largest absolute Gasteiger partial charge is 0.497 e. The van der Waals surface area contributed by atoms with Gasteiger partial charge in [-0.1, -0.05) is 0 Å². The second kappa shape index (κ2) is 6.63. The first-order valence-electron chi connectivity index (χ1n) is 7.81. The van der Waals surface area contributed by atoms with Crippen molar-refractivity contribution < 1.29 is 14.3 Å². The Morgan fingerprint density at radius 3 is 2.62 bits per heavy atom. The average molecular weight is 437 g/mol. The van der Waals surface area contributed by atoms with Gasteiger partial charge in [0.15, 0.2) is 0 Å². The summed E-state index contributed by atoms with van der Waals surface area (Å²) in [7, 11) is 1.63. The van der Waals surface area contributed by atoms with E-state index < -0.39 is 0 Å². The Balaban J connectivity index is 1.88. The number of rotatable bonds is 3. The monoisotopic (exact) mass is 437 g/mol. The summed E-state index contributed by atoms with van der Waals surface area (Å²) in [6.07, 6.45) is 0.711. The Morgan fingerprint density at radius 1 is 1.25 bits per heavy atom. The van der Waals surface area contributed by atoms with Crippen molar-refractivity contribution in [1.29, 1.82) is 0 Å². The number of hydrogen-bond acceptors (Lipinski definition) is 3. The van der Waals surface area contributed by atoms with Crippen LogP contribution in [0.5, 0.6) is 11.5 Å². The summed E-state index contributed by atoms with van der Waals surface area (Å²) in [5.41, 5.74) is 1.28. The molecule has 0 saturated heterocycles. The molecule has 0 radical (unpaired) electrons. The minimum absolute atomic E-state index is 0.0733. The molecule has 126 valence electrons. The zero-order valence-electron chi connectivity index (χ0n) is 13.9. The highest BCUT2D eigenvalue weighted by Crippen LogP contribution is 2.41. The van der Waals surface area contributed by atoms with Gasteiger partial charge in [0.05, 0.1) is 13.2 Å². The molecular formula is C19H20INO3. The Morgan fingerprint density at radius 2 is 1.96 bits per heavy atom. The minimum atomic E-state index is -0.358. The van der Waals surface area contributed by atoms with Gasteiger partial charge < -0.3 is 14.8 Å². The Labute approximate surface area is 155 Å². The number of nitrogens with one attached hydrogen (secondary N) is 1. The van der Waals surface area contributed by atoms with Gasteiger partial charge in [-0.2, -0.15) is 0 Å².